The van der Waals surface area contributed by atoms with Gasteiger partial charge in [-0.05, 0) is 19.1 Å². The minimum Gasteiger partial charge on any atom is -0.465 e. The summed E-state index contributed by atoms with van der Waals surface area (Å²) in [6.07, 6.45) is 1.91. The zero-order chi connectivity index (χ0) is 16.6. The van der Waals surface area contributed by atoms with Gasteiger partial charge in [-0.3, -0.25) is 4.79 Å². The second-order valence-electron chi connectivity index (χ2n) is 5.64. The van der Waals surface area contributed by atoms with Crippen molar-refractivity contribution in [1.29, 1.82) is 0 Å². The number of hydrogen-bond acceptors (Lipinski definition) is 4. The molecule has 0 bridgehead atoms. The molecule has 1 unspecified atom stereocenters. The van der Waals surface area contributed by atoms with Crippen LogP contribution in [0.2, 0.25) is 0 Å². The molecule has 1 N–H and O–H groups in total. The van der Waals surface area contributed by atoms with Crippen LogP contribution in [-0.4, -0.2) is 41.2 Å². The maximum atomic E-state index is 12.1. The second-order valence-corrected chi connectivity index (χ2v) is 6.71. The Balaban J connectivity index is 1.98. The van der Waals surface area contributed by atoms with Crippen molar-refractivity contribution < 1.29 is 14.3 Å². The van der Waals surface area contributed by atoms with Crippen LogP contribution in [0, 0.1) is 0 Å². The molecule has 1 aliphatic heterocycles. The van der Waals surface area contributed by atoms with E-state index >= 15 is 0 Å². The number of nitrogens with zero attached hydrogens (tertiary/aromatic N) is 1. The Kier molecular flexibility index (Phi) is 4.17. The van der Waals surface area contributed by atoms with Crippen molar-refractivity contribution in [3.8, 4) is 0 Å². The van der Waals surface area contributed by atoms with E-state index in [2.05, 4.69) is 11.6 Å². The summed E-state index contributed by atoms with van der Waals surface area (Å²) in [5, 5.41) is 0.980. The number of amides is 1. The number of hydrogen-bond donors (Lipinski definition) is 1. The van der Waals surface area contributed by atoms with E-state index in [4.69, 9.17) is 4.74 Å². The Morgan fingerprint density at radius 2 is 2.30 bits per heavy atom. The third kappa shape index (κ3) is 2.86. The molecule has 0 saturated carbocycles. The van der Waals surface area contributed by atoms with Crippen molar-refractivity contribution in [2.75, 3.05) is 19.4 Å². The molecule has 1 atom stereocenters. The number of esters is 1. The molecule has 23 heavy (non-hydrogen) atoms. The highest BCUT2D eigenvalue weighted by Gasteiger charge is 2.34. The van der Waals surface area contributed by atoms with E-state index in [-0.39, 0.29) is 17.3 Å². The van der Waals surface area contributed by atoms with E-state index in [1.54, 1.807) is 23.9 Å². The predicted molar refractivity (Wildman–Crippen MR) is 91.4 cm³/mol. The normalized spacial score (nSPS) is 17.7. The van der Waals surface area contributed by atoms with Gasteiger partial charge < -0.3 is 14.6 Å². The Labute approximate surface area is 138 Å². The molecule has 3 rings (SSSR count). The fourth-order valence-corrected chi connectivity index (χ4v) is 3.98. The largest absolute Gasteiger partial charge is 0.465 e. The first kappa shape index (κ1) is 15.7. The van der Waals surface area contributed by atoms with Crippen LogP contribution < -0.4 is 0 Å². The molecule has 6 heteroatoms. The zero-order valence-corrected chi connectivity index (χ0v) is 13.9. The molecule has 1 amide bonds. The predicted octanol–water partition coefficient (Wildman–Crippen LogP) is 3.10. The van der Waals surface area contributed by atoms with Gasteiger partial charge in [0, 0.05) is 29.2 Å². The van der Waals surface area contributed by atoms with Crippen molar-refractivity contribution >= 4 is 34.5 Å². The molecule has 5 nitrogen and oxygen atoms in total. The zero-order valence-electron chi connectivity index (χ0n) is 13.1. The van der Waals surface area contributed by atoms with Gasteiger partial charge in [0.1, 0.15) is 5.37 Å². The van der Waals surface area contributed by atoms with Crippen molar-refractivity contribution in [1.82, 2.24) is 9.88 Å². The highest BCUT2D eigenvalue weighted by atomic mass is 32.2. The van der Waals surface area contributed by atoms with E-state index in [0.717, 1.165) is 22.0 Å². The van der Waals surface area contributed by atoms with Crippen molar-refractivity contribution in [3.63, 3.8) is 0 Å². The van der Waals surface area contributed by atoms with Crippen LogP contribution in [-0.2, 0) is 9.53 Å². The van der Waals surface area contributed by atoms with Crippen LogP contribution >= 0.6 is 11.8 Å². The lowest BCUT2D eigenvalue weighted by atomic mass is 10.1. The highest BCUT2D eigenvalue weighted by molar-refractivity contribution is 8.00. The molecule has 0 spiro atoms. The number of methoxy groups -OCH3 is 1. The number of carbonyl (C=O) groups excluding carboxylic acids is 2. The maximum absolute atomic E-state index is 12.1. The number of rotatable bonds is 4. The lowest BCUT2D eigenvalue weighted by molar-refractivity contribution is -0.127. The number of ether oxygens (including phenoxy) is 1. The third-order valence-corrected chi connectivity index (χ3v) is 5.05. The van der Waals surface area contributed by atoms with Gasteiger partial charge in [0.05, 0.1) is 18.4 Å². The molecule has 1 aromatic heterocycles. The van der Waals surface area contributed by atoms with Gasteiger partial charge in [0.2, 0.25) is 5.91 Å². The van der Waals surface area contributed by atoms with E-state index in [0.29, 0.717) is 17.9 Å². The summed E-state index contributed by atoms with van der Waals surface area (Å²) >= 11 is 1.61. The Hall–Kier alpha value is -2.21. The molecule has 1 aromatic carbocycles. The molecule has 2 aromatic rings. The van der Waals surface area contributed by atoms with Crippen molar-refractivity contribution in [2.45, 2.75) is 12.3 Å². The number of carbonyl (C=O) groups is 2. The monoisotopic (exact) mass is 330 g/mol. The van der Waals surface area contributed by atoms with Gasteiger partial charge in [-0.2, -0.15) is 0 Å². The van der Waals surface area contributed by atoms with Crippen molar-refractivity contribution in [2.24, 2.45) is 0 Å². The van der Waals surface area contributed by atoms with E-state index < -0.39 is 0 Å². The third-order valence-electron chi connectivity index (χ3n) is 3.81. The molecule has 0 radical (unpaired) electrons. The number of thioether (sulfide) groups is 1. The summed E-state index contributed by atoms with van der Waals surface area (Å²) in [6, 6.07) is 5.42. The van der Waals surface area contributed by atoms with Crippen LogP contribution in [0.3, 0.4) is 0 Å². The minimum absolute atomic E-state index is 0.0306. The lowest BCUT2D eigenvalue weighted by Crippen LogP contribution is -2.29. The topological polar surface area (TPSA) is 62.4 Å². The van der Waals surface area contributed by atoms with Gasteiger partial charge in [0.15, 0.2) is 0 Å². The number of nitrogens with one attached hydrogen (secondary N) is 1. The smallest absolute Gasteiger partial charge is 0.337 e. The van der Waals surface area contributed by atoms with Gasteiger partial charge in [-0.25, -0.2) is 4.79 Å². The first-order valence-electron chi connectivity index (χ1n) is 7.26. The van der Waals surface area contributed by atoms with E-state index in [9.17, 15) is 9.59 Å². The van der Waals surface area contributed by atoms with E-state index in [1.165, 1.54) is 7.11 Å². The molecule has 0 aliphatic carbocycles. The molecule has 2 heterocycles. The number of aromatic nitrogens is 1. The molecular weight excluding hydrogens is 312 g/mol. The summed E-state index contributed by atoms with van der Waals surface area (Å²) < 4.78 is 4.75. The first-order chi connectivity index (χ1) is 11.0. The number of H-pyrrole nitrogens is 1. The number of aromatic amines is 1. The molecule has 1 fully saturated rings. The Morgan fingerprint density at radius 1 is 1.52 bits per heavy atom. The fraction of sp³-hybridized carbons (Fsp3) is 0.294. The van der Waals surface area contributed by atoms with Crippen LogP contribution in [0.4, 0.5) is 0 Å². The molecule has 1 saturated heterocycles. The Bertz CT molecular complexity index is 796. The Morgan fingerprint density at radius 3 is 3.00 bits per heavy atom. The second kappa shape index (κ2) is 6.12. The van der Waals surface area contributed by atoms with E-state index in [1.807, 2.05) is 24.1 Å². The standard InChI is InChI=1S/C17H18N2O3S/c1-10(2)8-19-15(20)9-23-16(19)13-7-18-14-6-11(17(21)22-3)4-5-12(13)14/h4-7,16,18H,1,8-9H2,2-3H3. The SMILES string of the molecule is C=C(C)CN1C(=O)CSC1c1c[nH]c2cc(C(=O)OC)ccc12. The van der Waals surface area contributed by atoms with Crippen molar-refractivity contribution in [3.05, 3.63) is 47.7 Å². The molecular formula is C17H18N2O3S. The van der Waals surface area contributed by atoms with Crippen LogP contribution in [0.25, 0.3) is 10.9 Å². The van der Waals surface area contributed by atoms with Crippen LogP contribution in [0.15, 0.2) is 36.5 Å². The number of benzene rings is 1. The highest BCUT2D eigenvalue weighted by Crippen LogP contribution is 2.41. The summed E-state index contributed by atoms with van der Waals surface area (Å²) in [6.45, 7) is 6.39. The summed E-state index contributed by atoms with van der Waals surface area (Å²) in [5.41, 5.74) is 3.37. The quantitative estimate of drug-likeness (QED) is 0.691. The summed E-state index contributed by atoms with van der Waals surface area (Å²) in [4.78, 5) is 28.8. The summed E-state index contributed by atoms with van der Waals surface area (Å²) in [7, 11) is 1.36. The average molecular weight is 330 g/mol. The molecule has 120 valence electrons. The summed E-state index contributed by atoms with van der Waals surface area (Å²) in [5.74, 6) is 0.242. The lowest BCUT2D eigenvalue weighted by Gasteiger charge is -2.23. The van der Waals surface area contributed by atoms with Crippen LogP contribution in [0.5, 0.6) is 0 Å². The van der Waals surface area contributed by atoms with Gasteiger partial charge in [-0.15, -0.1) is 11.8 Å². The first-order valence-corrected chi connectivity index (χ1v) is 8.31. The van der Waals surface area contributed by atoms with Gasteiger partial charge in [0.25, 0.3) is 0 Å². The fourth-order valence-electron chi connectivity index (χ4n) is 2.77. The average Bonchev–Trinajstić information content (AvgIpc) is 3.10. The molecule has 1 aliphatic rings. The number of fused-ring (bicyclic) bond motifs is 1. The van der Waals surface area contributed by atoms with Gasteiger partial charge in [-0.1, -0.05) is 18.2 Å². The maximum Gasteiger partial charge on any atom is 0.337 e. The van der Waals surface area contributed by atoms with Crippen LogP contribution in [0.1, 0.15) is 28.2 Å². The van der Waals surface area contributed by atoms with Gasteiger partial charge >= 0.3 is 5.97 Å². The minimum atomic E-state index is -0.364.